The number of aromatic nitrogens is 1. The van der Waals surface area contributed by atoms with Crippen molar-refractivity contribution in [3.63, 3.8) is 0 Å². The van der Waals surface area contributed by atoms with E-state index < -0.39 is 0 Å². The third kappa shape index (κ3) is 4.81. The molecule has 1 aliphatic carbocycles. The second-order valence-electron chi connectivity index (χ2n) is 6.36. The van der Waals surface area contributed by atoms with Gasteiger partial charge in [-0.1, -0.05) is 6.07 Å². The van der Waals surface area contributed by atoms with Crippen molar-refractivity contribution >= 4 is 5.91 Å². The van der Waals surface area contributed by atoms with Gasteiger partial charge in [0.1, 0.15) is 0 Å². The fraction of sp³-hybridized carbons (Fsp3) is 0.400. The smallest absolute Gasteiger partial charge is 0.251 e. The summed E-state index contributed by atoms with van der Waals surface area (Å²) in [6.45, 7) is 1.08. The Hall–Kier alpha value is -2.96. The number of ether oxygens (including phenoxy) is 4. The molecule has 1 saturated carbocycles. The van der Waals surface area contributed by atoms with Crippen molar-refractivity contribution in [2.24, 2.45) is 5.92 Å². The van der Waals surface area contributed by atoms with E-state index in [-0.39, 0.29) is 5.91 Å². The number of carbonyl (C=O) groups excluding carboxylic acids is 1. The molecule has 0 aliphatic heterocycles. The molecule has 1 amide bonds. The quantitative estimate of drug-likeness (QED) is 0.729. The van der Waals surface area contributed by atoms with Gasteiger partial charge in [0.05, 0.1) is 27.9 Å². The van der Waals surface area contributed by atoms with Crippen molar-refractivity contribution in [1.82, 2.24) is 10.3 Å². The predicted octanol–water partition coefficient (Wildman–Crippen LogP) is 2.83. The van der Waals surface area contributed by atoms with Crippen LogP contribution in [-0.2, 0) is 6.54 Å². The fourth-order valence-electron chi connectivity index (χ4n) is 2.59. The highest BCUT2D eigenvalue weighted by molar-refractivity contribution is 5.95. The van der Waals surface area contributed by atoms with Crippen LogP contribution in [0, 0.1) is 5.92 Å². The first-order valence-corrected chi connectivity index (χ1v) is 8.80. The van der Waals surface area contributed by atoms with E-state index in [1.165, 1.54) is 34.2 Å². The topological polar surface area (TPSA) is 78.9 Å². The summed E-state index contributed by atoms with van der Waals surface area (Å²) in [7, 11) is 4.54. The Morgan fingerprint density at radius 3 is 2.33 bits per heavy atom. The molecule has 1 aromatic carbocycles. The molecule has 2 aromatic rings. The number of nitrogens with zero attached hydrogens (tertiary/aromatic N) is 1. The minimum Gasteiger partial charge on any atom is -0.493 e. The molecule has 1 aliphatic rings. The standard InChI is InChI=1S/C20H24N2O5/c1-24-16-8-15(9-17(25-2)19(16)26-3)20(23)22-11-14-6-7-18(21-10-14)27-12-13-4-5-13/h6-10,13H,4-5,11-12H2,1-3H3,(H,22,23). The predicted molar refractivity (Wildman–Crippen MR) is 99.7 cm³/mol. The van der Waals surface area contributed by atoms with E-state index in [1.807, 2.05) is 12.1 Å². The average Bonchev–Trinajstić information content (AvgIpc) is 3.54. The normalized spacial score (nSPS) is 13.0. The van der Waals surface area contributed by atoms with Crippen LogP contribution >= 0.6 is 0 Å². The molecule has 0 radical (unpaired) electrons. The number of amides is 1. The van der Waals surface area contributed by atoms with Crippen molar-refractivity contribution in [2.45, 2.75) is 19.4 Å². The Balaban J connectivity index is 1.61. The Morgan fingerprint density at radius 1 is 1.11 bits per heavy atom. The number of carbonyl (C=O) groups is 1. The molecule has 1 N–H and O–H groups in total. The van der Waals surface area contributed by atoms with E-state index in [1.54, 1.807) is 18.3 Å². The van der Waals surface area contributed by atoms with Gasteiger partial charge in [-0.25, -0.2) is 4.98 Å². The van der Waals surface area contributed by atoms with Crippen LogP contribution in [0.5, 0.6) is 23.1 Å². The first-order chi connectivity index (χ1) is 13.1. The van der Waals surface area contributed by atoms with Gasteiger partial charge < -0.3 is 24.3 Å². The van der Waals surface area contributed by atoms with Crippen molar-refractivity contribution in [3.05, 3.63) is 41.6 Å². The summed E-state index contributed by atoms with van der Waals surface area (Å²) in [5, 5.41) is 2.86. The Kier molecular flexibility index (Phi) is 6.01. The highest BCUT2D eigenvalue weighted by Gasteiger charge is 2.22. The number of benzene rings is 1. The molecule has 7 heteroatoms. The lowest BCUT2D eigenvalue weighted by molar-refractivity contribution is 0.0950. The zero-order chi connectivity index (χ0) is 19.2. The van der Waals surface area contributed by atoms with E-state index in [0.29, 0.717) is 41.2 Å². The molecule has 7 nitrogen and oxygen atoms in total. The summed E-state index contributed by atoms with van der Waals surface area (Å²) in [6.07, 6.45) is 4.19. The number of hydrogen-bond donors (Lipinski definition) is 1. The molecule has 1 heterocycles. The highest BCUT2D eigenvalue weighted by atomic mass is 16.5. The van der Waals surface area contributed by atoms with Crippen molar-refractivity contribution < 1.29 is 23.7 Å². The second-order valence-corrected chi connectivity index (χ2v) is 6.36. The minimum absolute atomic E-state index is 0.247. The fourth-order valence-corrected chi connectivity index (χ4v) is 2.59. The Morgan fingerprint density at radius 2 is 1.81 bits per heavy atom. The van der Waals surface area contributed by atoms with Gasteiger partial charge in [0.25, 0.3) is 5.91 Å². The van der Waals surface area contributed by atoms with Crippen LogP contribution in [0.2, 0.25) is 0 Å². The van der Waals surface area contributed by atoms with Gasteiger partial charge in [-0.05, 0) is 36.5 Å². The maximum Gasteiger partial charge on any atom is 0.251 e. The molecule has 0 spiro atoms. The van der Waals surface area contributed by atoms with Crippen molar-refractivity contribution in [3.8, 4) is 23.1 Å². The summed E-state index contributed by atoms with van der Waals surface area (Å²) >= 11 is 0. The van der Waals surface area contributed by atoms with Crippen molar-refractivity contribution in [1.29, 1.82) is 0 Å². The molecular formula is C20H24N2O5. The van der Waals surface area contributed by atoms with Gasteiger partial charge >= 0.3 is 0 Å². The van der Waals surface area contributed by atoms with Gasteiger partial charge in [0.15, 0.2) is 11.5 Å². The third-order valence-corrected chi connectivity index (χ3v) is 4.34. The lowest BCUT2D eigenvalue weighted by Gasteiger charge is -2.14. The Labute approximate surface area is 158 Å². The molecule has 1 aromatic heterocycles. The average molecular weight is 372 g/mol. The summed E-state index contributed by atoms with van der Waals surface area (Å²) in [5.41, 5.74) is 1.30. The monoisotopic (exact) mass is 372 g/mol. The first-order valence-electron chi connectivity index (χ1n) is 8.80. The lowest BCUT2D eigenvalue weighted by Crippen LogP contribution is -2.23. The second kappa shape index (κ2) is 8.62. The zero-order valence-electron chi connectivity index (χ0n) is 15.8. The van der Waals surface area contributed by atoms with E-state index >= 15 is 0 Å². The van der Waals surface area contributed by atoms with E-state index in [9.17, 15) is 4.79 Å². The van der Waals surface area contributed by atoms with Crippen LogP contribution in [-0.4, -0.2) is 38.8 Å². The molecule has 0 saturated heterocycles. The van der Waals surface area contributed by atoms with Gasteiger partial charge in [-0.3, -0.25) is 4.79 Å². The third-order valence-electron chi connectivity index (χ3n) is 4.34. The van der Waals surface area contributed by atoms with E-state index in [4.69, 9.17) is 18.9 Å². The summed E-state index contributed by atoms with van der Waals surface area (Å²) in [5.74, 6) is 2.36. The van der Waals surface area contributed by atoms with E-state index in [0.717, 1.165) is 12.2 Å². The Bertz CT molecular complexity index is 762. The van der Waals surface area contributed by atoms with Crippen LogP contribution in [0.15, 0.2) is 30.5 Å². The maximum absolute atomic E-state index is 12.5. The van der Waals surface area contributed by atoms with Crippen LogP contribution in [0.3, 0.4) is 0 Å². The SMILES string of the molecule is COc1cc(C(=O)NCc2ccc(OCC3CC3)nc2)cc(OC)c1OC. The van der Waals surface area contributed by atoms with Gasteiger partial charge in [0, 0.05) is 24.4 Å². The van der Waals surface area contributed by atoms with Gasteiger partial charge in [-0.2, -0.15) is 0 Å². The zero-order valence-corrected chi connectivity index (χ0v) is 15.8. The molecule has 0 bridgehead atoms. The first kappa shape index (κ1) is 18.8. The van der Waals surface area contributed by atoms with Crippen LogP contribution < -0.4 is 24.3 Å². The molecular weight excluding hydrogens is 348 g/mol. The van der Waals surface area contributed by atoms with Crippen LogP contribution in [0.25, 0.3) is 0 Å². The number of methoxy groups -OCH3 is 3. The lowest BCUT2D eigenvalue weighted by atomic mass is 10.1. The summed E-state index contributed by atoms with van der Waals surface area (Å²) < 4.78 is 21.4. The van der Waals surface area contributed by atoms with Crippen molar-refractivity contribution in [2.75, 3.05) is 27.9 Å². The minimum atomic E-state index is -0.247. The van der Waals surface area contributed by atoms with Gasteiger partial charge in [0.2, 0.25) is 11.6 Å². The molecule has 0 atom stereocenters. The number of pyridine rings is 1. The molecule has 1 fully saturated rings. The molecule has 0 unspecified atom stereocenters. The van der Waals surface area contributed by atoms with E-state index in [2.05, 4.69) is 10.3 Å². The molecule has 27 heavy (non-hydrogen) atoms. The summed E-state index contributed by atoms with van der Waals surface area (Å²) in [4.78, 5) is 16.8. The summed E-state index contributed by atoms with van der Waals surface area (Å²) in [6, 6.07) is 6.95. The largest absolute Gasteiger partial charge is 0.493 e. The maximum atomic E-state index is 12.5. The number of nitrogens with one attached hydrogen (secondary N) is 1. The van der Waals surface area contributed by atoms with Gasteiger partial charge in [-0.15, -0.1) is 0 Å². The van der Waals surface area contributed by atoms with Crippen LogP contribution in [0.1, 0.15) is 28.8 Å². The number of rotatable bonds is 9. The highest BCUT2D eigenvalue weighted by Crippen LogP contribution is 2.38. The molecule has 3 rings (SSSR count). The molecule has 144 valence electrons. The number of hydrogen-bond acceptors (Lipinski definition) is 6. The van der Waals surface area contributed by atoms with Crippen LogP contribution in [0.4, 0.5) is 0 Å².